The van der Waals surface area contributed by atoms with Crippen LogP contribution in [0.5, 0.6) is 0 Å². The second-order valence-electron chi connectivity index (χ2n) is 9.21. The average Bonchev–Trinajstić information content (AvgIpc) is 2.87. The number of aliphatic imine (C=N–C) groups is 1. The van der Waals surface area contributed by atoms with Crippen LogP contribution in [0.3, 0.4) is 0 Å². The van der Waals surface area contributed by atoms with Crippen molar-refractivity contribution >= 4 is 35.1 Å². The highest BCUT2D eigenvalue weighted by Gasteiger charge is 2.18. The minimum absolute atomic E-state index is 0.0295. The van der Waals surface area contributed by atoms with Gasteiger partial charge in [0.25, 0.3) is 0 Å². The molecule has 1 saturated heterocycles. The molecule has 0 unspecified atom stereocenters. The van der Waals surface area contributed by atoms with E-state index in [-0.39, 0.29) is 5.91 Å². The number of aldehydes is 1. The van der Waals surface area contributed by atoms with Crippen molar-refractivity contribution in [3.8, 4) is 0 Å². The van der Waals surface area contributed by atoms with Crippen LogP contribution < -0.4 is 16.0 Å². The molecule has 1 aromatic rings. The van der Waals surface area contributed by atoms with Crippen LogP contribution in [0.1, 0.15) is 57.1 Å². The summed E-state index contributed by atoms with van der Waals surface area (Å²) < 4.78 is 5.42. The van der Waals surface area contributed by atoms with Gasteiger partial charge in [-0.3, -0.25) is 9.59 Å². The van der Waals surface area contributed by atoms with Crippen molar-refractivity contribution in [3.05, 3.63) is 23.9 Å². The van der Waals surface area contributed by atoms with E-state index >= 15 is 0 Å². The van der Waals surface area contributed by atoms with Crippen molar-refractivity contribution < 1.29 is 14.3 Å². The van der Waals surface area contributed by atoms with Crippen molar-refractivity contribution in [2.45, 2.75) is 51.4 Å². The second-order valence-corrected chi connectivity index (χ2v) is 9.21. The zero-order valence-corrected chi connectivity index (χ0v) is 19.3. The highest BCUT2D eigenvalue weighted by Crippen LogP contribution is 2.29. The maximum Gasteiger partial charge on any atom is 0.224 e. The van der Waals surface area contributed by atoms with Crippen LogP contribution in [0.15, 0.2) is 23.2 Å². The van der Waals surface area contributed by atoms with E-state index in [2.05, 4.69) is 20.9 Å². The molecule has 0 bridgehead atoms. The molecule has 0 atom stereocenters. The van der Waals surface area contributed by atoms with Gasteiger partial charge in [-0.2, -0.15) is 0 Å². The Labute approximate surface area is 195 Å². The molecular formula is C25H35N5O3. The Bertz CT molecular complexity index is 886. The maximum atomic E-state index is 11.7. The lowest BCUT2D eigenvalue weighted by atomic mass is 9.89. The van der Waals surface area contributed by atoms with Crippen LogP contribution in [0.25, 0.3) is 5.57 Å². The highest BCUT2D eigenvalue weighted by atomic mass is 16.5. The molecule has 1 aliphatic carbocycles. The number of carbonyl (C=O) groups excluding carboxylic acids is 2. The molecule has 33 heavy (non-hydrogen) atoms. The predicted octanol–water partition coefficient (Wildman–Crippen LogP) is 3.22. The van der Waals surface area contributed by atoms with E-state index in [1.165, 1.54) is 32.1 Å². The molecular weight excluding hydrogens is 418 g/mol. The minimum Gasteiger partial charge on any atom is -0.381 e. The summed E-state index contributed by atoms with van der Waals surface area (Å²) in [6, 6.07) is 3.82. The van der Waals surface area contributed by atoms with Gasteiger partial charge in [0.2, 0.25) is 5.91 Å². The fourth-order valence-electron chi connectivity index (χ4n) is 4.67. The van der Waals surface area contributed by atoms with Gasteiger partial charge in [0.15, 0.2) is 17.9 Å². The van der Waals surface area contributed by atoms with E-state index in [0.29, 0.717) is 48.7 Å². The first-order valence-electron chi connectivity index (χ1n) is 12.3. The normalized spacial score (nSPS) is 20.7. The largest absolute Gasteiger partial charge is 0.381 e. The van der Waals surface area contributed by atoms with E-state index in [4.69, 9.17) is 9.72 Å². The highest BCUT2D eigenvalue weighted by molar-refractivity contribution is 6.27. The van der Waals surface area contributed by atoms with Crippen molar-refractivity contribution in [3.63, 3.8) is 0 Å². The summed E-state index contributed by atoms with van der Waals surface area (Å²) in [6.45, 7) is 3.58. The van der Waals surface area contributed by atoms with Crippen LogP contribution in [-0.4, -0.2) is 55.9 Å². The molecule has 1 aromatic heterocycles. The monoisotopic (exact) mass is 453 g/mol. The van der Waals surface area contributed by atoms with Gasteiger partial charge in [0, 0.05) is 39.3 Å². The zero-order chi connectivity index (χ0) is 22.9. The third-order valence-corrected chi connectivity index (χ3v) is 6.76. The Hall–Kier alpha value is -2.74. The maximum absolute atomic E-state index is 11.7. The molecule has 0 radical (unpaired) electrons. The number of hydrogen-bond donors (Lipinski definition) is 3. The van der Waals surface area contributed by atoms with E-state index in [0.717, 1.165) is 50.2 Å². The molecule has 2 aliphatic heterocycles. The lowest BCUT2D eigenvalue weighted by Crippen LogP contribution is -2.32. The molecule has 0 aromatic carbocycles. The smallest absolute Gasteiger partial charge is 0.224 e. The van der Waals surface area contributed by atoms with Gasteiger partial charge in [0.1, 0.15) is 5.69 Å². The number of pyridine rings is 1. The summed E-state index contributed by atoms with van der Waals surface area (Å²) in [4.78, 5) is 32.7. The minimum atomic E-state index is 0.0295. The number of anilines is 1. The standard InChI is InChI=1S/C25H35N5O3/c31-17-23(26-14-19-10-12-33-13-11-19)29-22-8-7-21(20-6-9-24(32)27-16-20)30-25(22)28-15-18-4-2-1-3-5-18/h6-8,17-19H,1-5,9-16H2,(H,26,29)(H,27,32)(H,28,30). The third-order valence-electron chi connectivity index (χ3n) is 6.76. The molecule has 3 N–H and O–H groups in total. The lowest BCUT2D eigenvalue weighted by molar-refractivity contribution is -0.120. The number of nitrogens with one attached hydrogen (secondary N) is 3. The first-order chi connectivity index (χ1) is 16.2. The second kappa shape index (κ2) is 11.9. The molecule has 178 valence electrons. The van der Waals surface area contributed by atoms with Crippen LogP contribution >= 0.6 is 0 Å². The topological polar surface area (TPSA) is 105 Å². The Morgan fingerprint density at radius 3 is 2.64 bits per heavy atom. The van der Waals surface area contributed by atoms with Crippen LogP contribution in [0.4, 0.5) is 11.5 Å². The molecule has 0 spiro atoms. The van der Waals surface area contributed by atoms with Gasteiger partial charge in [-0.15, -0.1) is 0 Å². The first kappa shape index (κ1) is 23.4. The van der Waals surface area contributed by atoms with E-state index in [1.54, 1.807) is 0 Å². The fraction of sp³-hybridized carbons (Fsp3) is 0.600. The number of amidine groups is 1. The summed E-state index contributed by atoms with van der Waals surface area (Å²) in [5.41, 5.74) is 2.47. The van der Waals surface area contributed by atoms with Crippen molar-refractivity contribution in [2.75, 3.05) is 38.2 Å². The van der Waals surface area contributed by atoms with Gasteiger partial charge in [0.05, 0.1) is 5.69 Å². The third kappa shape index (κ3) is 6.87. The first-order valence-corrected chi connectivity index (χ1v) is 12.3. The number of hydrogen-bond acceptors (Lipinski definition) is 6. The number of amides is 1. The number of carbonyl (C=O) groups is 2. The molecule has 1 saturated carbocycles. The lowest BCUT2D eigenvalue weighted by Gasteiger charge is -2.23. The Morgan fingerprint density at radius 1 is 1.12 bits per heavy atom. The SMILES string of the molecule is O=C/C(=N\c1ccc(C2=CCC(=O)NC2)nc1NCC1CCCCC1)NCC1CCOCC1. The predicted molar refractivity (Wildman–Crippen MR) is 130 cm³/mol. The molecule has 1 amide bonds. The molecule has 3 aliphatic rings. The number of ether oxygens (including phenoxy) is 1. The number of rotatable bonds is 8. The summed E-state index contributed by atoms with van der Waals surface area (Å²) in [5, 5.41) is 9.61. The molecule has 8 heteroatoms. The van der Waals surface area contributed by atoms with Gasteiger partial charge >= 0.3 is 0 Å². The quantitative estimate of drug-likeness (QED) is 0.317. The van der Waals surface area contributed by atoms with E-state index in [9.17, 15) is 9.59 Å². The van der Waals surface area contributed by atoms with E-state index in [1.807, 2.05) is 18.2 Å². The van der Waals surface area contributed by atoms with Gasteiger partial charge in [-0.1, -0.05) is 25.3 Å². The van der Waals surface area contributed by atoms with E-state index < -0.39 is 0 Å². The Balaban J connectivity index is 1.51. The van der Waals surface area contributed by atoms with Crippen LogP contribution in [0, 0.1) is 11.8 Å². The van der Waals surface area contributed by atoms with Gasteiger partial charge in [-0.05, 0) is 55.2 Å². The Morgan fingerprint density at radius 2 is 1.91 bits per heavy atom. The zero-order valence-electron chi connectivity index (χ0n) is 19.3. The van der Waals surface area contributed by atoms with Gasteiger partial charge in [-0.25, -0.2) is 9.98 Å². The van der Waals surface area contributed by atoms with Crippen LogP contribution in [-0.2, 0) is 14.3 Å². The molecule has 8 nitrogen and oxygen atoms in total. The van der Waals surface area contributed by atoms with Crippen molar-refractivity contribution in [1.29, 1.82) is 0 Å². The summed E-state index contributed by atoms with van der Waals surface area (Å²) in [7, 11) is 0. The number of aromatic nitrogens is 1. The fourth-order valence-corrected chi connectivity index (χ4v) is 4.67. The molecule has 4 rings (SSSR count). The van der Waals surface area contributed by atoms with Crippen molar-refractivity contribution in [2.24, 2.45) is 16.8 Å². The number of nitrogens with zero attached hydrogens (tertiary/aromatic N) is 2. The summed E-state index contributed by atoms with van der Waals surface area (Å²) in [6.07, 6.45) is 11.4. The molecule has 3 heterocycles. The van der Waals surface area contributed by atoms with Crippen molar-refractivity contribution in [1.82, 2.24) is 15.6 Å². The summed E-state index contributed by atoms with van der Waals surface area (Å²) in [5.74, 6) is 2.15. The van der Waals surface area contributed by atoms with Gasteiger partial charge < -0.3 is 20.7 Å². The van der Waals surface area contributed by atoms with Crippen LogP contribution in [0.2, 0.25) is 0 Å². The average molecular weight is 454 g/mol. The summed E-state index contributed by atoms with van der Waals surface area (Å²) >= 11 is 0. The molecule has 2 fully saturated rings. The Kier molecular flexibility index (Phi) is 8.47.